The largest absolute Gasteiger partial charge is 0.508 e. The van der Waals surface area contributed by atoms with E-state index in [1.165, 1.54) is 30.3 Å². The van der Waals surface area contributed by atoms with Gasteiger partial charge in [0.2, 0.25) is 17.7 Å². The van der Waals surface area contributed by atoms with Gasteiger partial charge in [0.05, 0.1) is 11.8 Å². The van der Waals surface area contributed by atoms with Gasteiger partial charge < -0.3 is 14.6 Å². The summed E-state index contributed by atoms with van der Waals surface area (Å²) in [6.07, 6.45) is -7.31. The second-order valence-electron chi connectivity index (χ2n) is 6.04. The molecule has 8 nitrogen and oxygen atoms in total. The Morgan fingerprint density at radius 2 is 1.50 bits per heavy atom. The minimum Gasteiger partial charge on any atom is -0.508 e. The molecule has 0 aliphatic carbocycles. The average Bonchev–Trinajstić information content (AvgIpc) is 2.69. The lowest BCUT2D eigenvalue weighted by atomic mass is 10.3. The molecule has 1 heterocycles. The standard InChI is InChI=1S/C18H16F6N4O4/c19-17(20,21)9-31-15-8-16(32-10-18(22,23)24)26-13(25-15)2-1-3-14(30)28-27-11-4-6-12(29)7-5-11/h1-2,4-8,27,29H,3,9-10H2,(H,28,30)/b2-1+. The number of amides is 1. The predicted molar refractivity (Wildman–Crippen MR) is 98.7 cm³/mol. The van der Waals surface area contributed by atoms with Crippen LogP contribution in [0.1, 0.15) is 12.2 Å². The van der Waals surface area contributed by atoms with Gasteiger partial charge in [-0.2, -0.15) is 36.3 Å². The highest BCUT2D eigenvalue weighted by Gasteiger charge is 2.30. The monoisotopic (exact) mass is 466 g/mol. The maximum Gasteiger partial charge on any atom is 0.422 e. The molecular weight excluding hydrogens is 450 g/mol. The fourth-order valence-corrected chi connectivity index (χ4v) is 1.96. The Morgan fingerprint density at radius 1 is 0.969 bits per heavy atom. The molecule has 0 atom stereocenters. The number of aromatic hydroxyl groups is 1. The molecule has 32 heavy (non-hydrogen) atoms. The highest BCUT2D eigenvalue weighted by atomic mass is 19.4. The number of aromatic nitrogens is 2. The van der Waals surface area contributed by atoms with Crippen LogP contribution in [0.25, 0.3) is 6.08 Å². The van der Waals surface area contributed by atoms with Crippen LogP contribution >= 0.6 is 0 Å². The van der Waals surface area contributed by atoms with Gasteiger partial charge in [0.25, 0.3) is 0 Å². The zero-order chi connectivity index (χ0) is 23.8. The molecule has 0 spiro atoms. The lowest BCUT2D eigenvalue weighted by molar-refractivity contribution is -0.154. The lowest BCUT2D eigenvalue weighted by Gasteiger charge is -2.12. The summed E-state index contributed by atoms with van der Waals surface area (Å²) in [5.41, 5.74) is 5.39. The van der Waals surface area contributed by atoms with Crippen LogP contribution < -0.4 is 20.3 Å². The maximum absolute atomic E-state index is 12.3. The fraction of sp³-hybridized carbons (Fsp3) is 0.278. The van der Waals surface area contributed by atoms with Crippen molar-refractivity contribution in [1.29, 1.82) is 0 Å². The van der Waals surface area contributed by atoms with Gasteiger partial charge in [-0.3, -0.25) is 15.6 Å². The summed E-state index contributed by atoms with van der Waals surface area (Å²) < 4.78 is 82.8. The highest BCUT2D eigenvalue weighted by Crippen LogP contribution is 2.22. The smallest absolute Gasteiger partial charge is 0.422 e. The van der Waals surface area contributed by atoms with Crippen LogP contribution in [-0.2, 0) is 4.79 Å². The van der Waals surface area contributed by atoms with E-state index in [0.717, 1.165) is 6.08 Å². The number of halogens is 6. The van der Waals surface area contributed by atoms with Crippen molar-refractivity contribution in [3.63, 3.8) is 0 Å². The first-order valence-corrected chi connectivity index (χ1v) is 8.68. The summed E-state index contributed by atoms with van der Waals surface area (Å²) in [6, 6.07) is 6.45. The molecule has 0 fully saturated rings. The summed E-state index contributed by atoms with van der Waals surface area (Å²) in [5, 5.41) is 9.18. The number of phenolic OH excluding ortho intramolecular Hbond substituents is 1. The molecule has 2 aromatic rings. The molecule has 3 N–H and O–H groups in total. The number of benzene rings is 1. The molecule has 1 aromatic carbocycles. The second kappa shape index (κ2) is 10.5. The minimum atomic E-state index is -4.70. The Kier molecular flexibility index (Phi) is 8.09. The van der Waals surface area contributed by atoms with Crippen molar-refractivity contribution in [2.24, 2.45) is 0 Å². The number of nitrogens with one attached hydrogen (secondary N) is 2. The summed E-state index contributed by atoms with van der Waals surface area (Å²) in [5.74, 6) is -2.15. The molecule has 0 aliphatic heterocycles. The third-order valence-corrected chi connectivity index (χ3v) is 3.25. The van der Waals surface area contributed by atoms with Gasteiger partial charge in [-0.05, 0) is 30.3 Å². The van der Waals surface area contributed by atoms with Crippen molar-refractivity contribution in [3.8, 4) is 17.5 Å². The van der Waals surface area contributed by atoms with Crippen LogP contribution in [0.3, 0.4) is 0 Å². The van der Waals surface area contributed by atoms with E-state index in [2.05, 4.69) is 30.3 Å². The molecule has 0 aliphatic rings. The van der Waals surface area contributed by atoms with Gasteiger partial charge in [-0.15, -0.1) is 0 Å². The molecular formula is C18H16F6N4O4. The lowest BCUT2D eigenvalue weighted by Crippen LogP contribution is -2.28. The van der Waals surface area contributed by atoms with Crippen LogP contribution in [-0.4, -0.2) is 46.5 Å². The molecule has 1 amide bonds. The summed E-state index contributed by atoms with van der Waals surface area (Å²) >= 11 is 0. The first-order valence-electron chi connectivity index (χ1n) is 8.68. The van der Waals surface area contributed by atoms with E-state index in [-0.39, 0.29) is 18.0 Å². The van der Waals surface area contributed by atoms with Crippen molar-refractivity contribution < 1.29 is 45.7 Å². The van der Waals surface area contributed by atoms with Gasteiger partial charge in [-0.25, -0.2) is 0 Å². The molecule has 0 saturated heterocycles. The Balaban J connectivity index is 2.00. The first-order chi connectivity index (χ1) is 14.9. The summed E-state index contributed by atoms with van der Waals surface area (Å²) in [7, 11) is 0. The zero-order valence-electron chi connectivity index (χ0n) is 16.0. The number of hydrazine groups is 1. The van der Waals surface area contributed by atoms with E-state index in [4.69, 9.17) is 0 Å². The zero-order valence-corrected chi connectivity index (χ0v) is 16.0. The normalized spacial score (nSPS) is 11.9. The number of hydrogen-bond acceptors (Lipinski definition) is 7. The van der Waals surface area contributed by atoms with E-state index in [9.17, 15) is 36.2 Å². The van der Waals surface area contributed by atoms with E-state index < -0.39 is 43.2 Å². The van der Waals surface area contributed by atoms with Crippen LogP contribution in [0.4, 0.5) is 32.0 Å². The minimum absolute atomic E-state index is 0.0323. The van der Waals surface area contributed by atoms with Crippen molar-refractivity contribution in [2.75, 3.05) is 18.6 Å². The fourth-order valence-electron chi connectivity index (χ4n) is 1.96. The van der Waals surface area contributed by atoms with Crippen molar-refractivity contribution in [2.45, 2.75) is 18.8 Å². The van der Waals surface area contributed by atoms with Gasteiger partial charge >= 0.3 is 12.4 Å². The molecule has 174 valence electrons. The number of carbonyl (C=O) groups excluding carboxylic acids is 1. The van der Waals surface area contributed by atoms with Crippen LogP contribution in [0, 0.1) is 0 Å². The van der Waals surface area contributed by atoms with E-state index in [0.29, 0.717) is 11.8 Å². The summed E-state index contributed by atoms with van der Waals surface area (Å²) in [4.78, 5) is 19.1. The Morgan fingerprint density at radius 3 is 2.00 bits per heavy atom. The van der Waals surface area contributed by atoms with Gasteiger partial charge in [0.1, 0.15) is 5.75 Å². The number of rotatable bonds is 9. The first kappa shape index (κ1) is 24.6. The van der Waals surface area contributed by atoms with E-state index in [1.54, 1.807) is 0 Å². The molecule has 0 unspecified atom stereocenters. The number of carbonyl (C=O) groups is 1. The molecule has 2 rings (SSSR count). The van der Waals surface area contributed by atoms with Gasteiger partial charge in [0.15, 0.2) is 19.0 Å². The van der Waals surface area contributed by atoms with Crippen molar-refractivity contribution in [1.82, 2.24) is 15.4 Å². The number of ether oxygens (including phenoxy) is 2. The van der Waals surface area contributed by atoms with Gasteiger partial charge in [-0.1, -0.05) is 6.08 Å². The predicted octanol–water partition coefficient (Wildman–Crippen LogP) is 3.61. The topological polar surface area (TPSA) is 106 Å². The molecule has 1 aromatic heterocycles. The molecule has 14 heteroatoms. The van der Waals surface area contributed by atoms with E-state index in [1.807, 2.05) is 0 Å². The third-order valence-electron chi connectivity index (χ3n) is 3.25. The number of alkyl halides is 6. The number of phenols is 1. The van der Waals surface area contributed by atoms with Crippen molar-refractivity contribution in [3.05, 3.63) is 42.2 Å². The average molecular weight is 466 g/mol. The SMILES string of the molecule is O=C(C/C=C/c1nc(OCC(F)(F)F)cc(OCC(F)(F)F)n1)NNc1ccc(O)cc1. The second-order valence-corrected chi connectivity index (χ2v) is 6.04. The molecule has 0 bridgehead atoms. The van der Waals surface area contributed by atoms with E-state index >= 15 is 0 Å². The number of anilines is 1. The molecule has 0 radical (unpaired) electrons. The number of hydrogen-bond donors (Lipinski definition) is 3. The maximum atomic E-state index is 12.3. The van der Waals surface area contributed by atoms with Crippen molar-refractivity contribution >= 4 is 17.7 Å². The molecule has 0 saturated carbocycles. The Hall–Kier alpha value is -3.71. The van der Waals surface area contributed by atoms with Crippen LogP contribution in [0.15, 0.2) is 36.4 Å². The third kappa shape index (κ3) is 9.86. The van der Waals surface area contributed by atoms with Crippen LogP contribution in [0.5, 0.6) is 17.5 Å². The highest BCUT2D eigenvalue weighted by molar-refractivity contribution is 5.79. The Labute approximate surface area is 176 Å². The summed E-state index contributed by atoms with van der Waals surface area (Å²) in [6.45, 7) is -3.45. The van der Waals surface area contributed by atoms with Gasteiger partial charge in [0, 0.05) is 6.42 Å². The Bertz CT molecular complexity index is 896. The van der Waals surface area contributed by atoms with Crippen LogP contribution in [0.2, 0.25) is 0 Å². The quantitative estimate of drug-likeness (QED) is 0.295. The number of nitrogens with zero attached hydrogens (tertiary/aromatic N) is 2.